The average Bonchev–Trinajstić information content (AvgIpc) is 2.82. The molecule has 172 valence electrons. The van der Waals surface area contributed by atoms with Crippen LogP contribution in [0.4, 0.5) is 5.69 Å². The number of sulfonamides is 1. The Hall–Kier alpha value is -2.71. The fourth-order valence-electron chi connectivity index (χ4n) is 3.86. The van der Waals surface area contributed by atoms with Crippen LogP contribution in [0.2, 0.25) is 5.02 Å². The molecule has 0 aromatic heterocycles. The molecule has 0 aliphatic carbocycles. The van der Waals surface area contributed by atoms with Crippen molar-refractivity contribution in [2.45, 2.75) is 18.4 Å². The van der Waals surface area contributed by atoms with E-state index in [2.05, 4.69) is 10.2 Å². The van der Waals surface area contributed by atoms with Gasteiger partial charge in [-0.3, -0.25) is 9.69 Å². The molecule has 1 amide bonds. The number of nitrogens with zero attached hydrogens (tertiary/aromatic N) is 2. The maximum absolute atomic E-state index is 12.8. The predicted octanol–water partition coefficient (Wildman–Crippen LogP) is 4.41. The highest BCUT2D eigenvalue weighted by molar-refractivity contribution is 7.89. The predicted molar refractivity (Wildman–Crippen MR) is 131 cm³/mol. The van der Waals surface area contributed by atoms with Gasteiger partial charge >= 0.3 is 0 Å². The first kappa shape index (κ1) is 23.4. The van der Waals surface area contributed by atoms with Crippen LogP contribution in [0.3, 0.4) is 0 Å². The van der Waals surface area contributed by atoms with Gasteiger partial charge in [0.2, 0.25) is 10.0 Å². The lowest BCUT2D eigenvalue weighted by atomic mass is 10.1. The molecule has 1 aliphatic heterocycles. The van der Waals surface area contributed by atoms with Crippen LogP contribution < -0.4 is 5.32 Å². The lowest BCUT2D eigenvalue weighted by Crippen LogP contribution is -2.48. The second-order valence-corrected chi connectivity index (χ2v) is 10.5. The smallest absolute Gasteiger partial charge is 0.255 e. The third-order valence-corrected chi connectivity index (χ3v) is 7.90. The number of carbonyl (C=O) groups excluding carboxylic acids is 1. The van der Waals surface area contributed by atoms with Gasteiger partial charge in [0.15, 0.2) is 0 Å². The molecule has 8 heteroatoms. The minimum absolute atomic E-state index is 0.194. The molecule has 33 heavy (non-hydrogen) atoms. The van der Waals surface area contributed by atoms with Gasteiger partial charge in [-0.15, -0.1) is 0 Å². The Morgan fingerprint density at radius 1 is 0.939 bits per heavy atom. The van der Waals surface area contributed by atoms with Gasteiger partial charge in [0.1, 0.15) is 0 Å². The van der Waals surface area contributed by atoms with Gasteiger partial charge in [0.05, 0.1) is 4.90 Å². The number of amides is 1. The molecule has 1 fully saturated rings. The van der Waals surface area contributed by atoms with Gasteiger partial charge in [0, 0.05) is 49.0 Å². The number of anilines is 1. The monoisotopic (exact) mass is 483 g/mol. The molecule has 4 rings (SSSR count). The van der Waals surface area contributed by atoms with Gasteiger partial charge < -0.3 is 5.32 Å². The van der Waals surface area contributed by atoms with E-state index in [4.69, 9.17) is 11.6 Å². The van der Waals surface area contributed by atoms with E-state index in [9.17, 15) is 13.2 Å². The third-order valence-electron chi connectivity index (χ3n) is 5.76. The van der Waals surface area contributed by atoms with Crippen molar-refractivity contribution in [2.24, 2.45) is 0 Å². The van der Waals surface area contributed by atoms with Gasteiger partial charge in [-0.2, -0.15) is 4.31 Å². The van der Waals surface area contributed by atoms with Crippen molar-refractivity contribution in [1.82, 2.24) is 9.21 Å². The standard InChI is InChI=1S/C25H26ClN3O3S/c1-19-10-11-22(26)17-24(19)27-25(30)21-7-5-6-20(16-21)18-28-12-14-29(15-13-28)33(31,32)23-8-3-2-4-9-23/h2-11,16-17H,12-15,18H2,1H3,(H,27,30). The zero-order chi connectivity index (χ0) is 23.4. The van der Waals surface area contributed by atoms with Crippen LogP contribution in [0, 0.1) is 6.92 Å². The van der Waals surface area contributed by atoms with E-state index in [1.165, 1.54) is 4.31 Å². The molecule has 3 aromatic carbocycles. The zero-order valence-electron chi connectivity index (χ0n) is 18.4. The first-order valence-corrected chi connectivity index (χ1v) is 12.6. The highest BCUT2D eigenvalue weighted by Crippen LogP contribution is 2.22. The number of hydrogen-bond donors (Lipinski definition) is 1. The summed E-state index contributed by atoms with van der Waals surface area (Å²) in [5, 5.41) is 3.49. The summed E-state index contributed by atoms with van der Waals surface area (Å²) in [7, 11) is -3.47. The SMILES string of the molecule is Cc1ccc(Cl)cc1NC(=O)c1cccc(CN2CCN(S(=O)(=O)c3ccccc3)CC2)c1. The fourth-order valence-corrected chi connectivity index (χ4v) is 5.48. The molecule has 1 saturated heterocycles. The van der Waals surface area contributed by atoms with Crippen LogP contribution >= 0.6 is 11.6 Å². The lowest BCUT2D eigenvalue weighted by Gasteiger charge is -2.34. The second kappa shape index (κ2) is 10.1. The molecule has 1 N–H and O–H groups in total. The summed E-state index contributed by atoms with van der Waals surface area (Å²) in [5.41, 5.74) is 3.20. The zero-order valence-corrected chi connectivity index (χ0v) is 19.9. The van der Waals surface area contributed by atoms with Crippen molar-refractivity contribution in [3.63, 3.8) is 0 Å². The van der Waals surface area contributed by atoms with Crippen LogP contribution in [0.25, 0.3) is 0 Å². The molecule has 0 atom stereocenters. The first-order valence-electron chi connectivity index (χ1n) is 10.8. The minimum atomic E-state index is -3.47. The summed E-state index contributed by atoms with van der Waals surface area (Å²) in [4.78, 5) is 15.3. The average molecular weight is 484 g/mol. The summed E-state index contributed by atoms with van der Waals surface area (Å²) in [5.74, 6) is -0.194. The Balaban J connectivity index is 1.37. The van der Waals surface area contributed by atoms with E-state index in [1.54, 1.807) is 42.5 Å². The highest BCUT2D eigenvalue weighted by atomic mass is 35.5. The van der Waals surface area contributed by atoms with E-state index in [1.807, 2.05) is 37.3 Å². The quantitative estimate of drug-likeness (QED) is 0.564. The molecule has 0 saturated carbocycles. The molecular weight excluding hydrogens is 458 g/mol. The molecular formula is C25H26ClN3O3S. The van der Waals surface area contributed by atoms with Crippen molar-refractivity contribution >= 4 is 33.2 Å². The molecule has 0 unspecified atom stereocenters. The number of halogens is 1. The number of piperazine rings is 1. The summed E-state index contributed by atoms with van der Waals surface area (Å²) in [6.45, 7) is 4.70. The van der Waals surface area contributed by atoms with Gasteiger partial charge in [-0.05, 0) is 54.4 Å². The highest BCUT2D eigenvalue weighted by Gasteiger charge is 2.28. The maximum atomic E-state index is 12.8. The van der Waals surface area contributed by atoms with Gasteiger partial charge in [-0.25, -0.2) is 8.42 Å². The Morgan fingerprint density at radius 3 is 2.39 bits per heavy atom. The summed E-state index contributed by atoms with van der Waals surface area (Å²) in [6, 6.07) is 21.4. The molecule has 1 heterocycles. The number of benzene rings is 3. The van der Waals surface area contributed by atoms with Crippen molar-refractivity contribution in [3.8, 4) is 0 Å². The summed E-state index contributed by atoms with van der Waals surface area (Å²) >= 11 is 6.06. The molecule has 0 radical (unpaired) electrons. The van der Waals surface area contributed by atoms with Crippen molar-refractivity contribution < 1.29 is 13.2 Å². The van der Waals surface area contributed by atoms with Crippen LogP contribution in [0.5, 0.6) is 0 Å². The number of hydrogen-bond acceptors (Lipinski definition) is 4. The van der Waals surface area contributed by atoms with E-state index in [0.29, 0.717) is 53.9 Å². The number of carbonyl (C=O) groups is 1. The van der Waals surface area contributed by atoms with Crippen molar-refractivity contribution in [1.29, 1.82) is 0 Å². The van der Waals surface area contributed by atoms with E-state index in [0.717, 1.165) is 11.1 Å². The third kappa shape index (κ3) is 5.62. The molecule has 0 spiro atoms. The van der Waals surface area contributed by atoms with E-state index >= 15 is 0 Å². The Labute approximate surface area is 199 Å². The number of nitrogens with one attached hydrogen (secondary N) is 1. The summed E-state index contributed by atoms with van der Waals surface area (Å²) < 4.78 is 27.2. The van der Waals surface area contributed by atoms with Crippen LogP contribution in [0.15, 0.2) is 77.7 Å². The molecule has 3 aromatic rings. The second-order valence-electron chi connectivity index (χ2n) is 8.11. The number of aryl methyl sites for hydroxylation is 1. The topological polar surface area (TPSA) is 69.7 Å². The van der Waals surface area contributed by atoms with Gasteiger partial charge in [0.25, 0.3) is 5.91 Å². The molecule has 6 nitrogen and oxygen atoms in total. The lowest BCUT2D eigenvalue weighted by molar-refractivity contribution is 0.102. The molecule has 1 aliphatic rings. The number of rotatable bonds is 6. The fraction of sp³-hybridized carbons (Fsp3) is 0.240. The minimum Gasteiger partial charge on any atom is -0.322 e. The van der Waals surface area contributed by atoms with Crippen molar-refractivity contribution in [3.05, 3.63) is 94.5 Å². The Kier molecular flexibility index (Phi) is 7.14. The van der Waals surface area contributed by atoms with Crippen LogP contribution in [-0.2, 0) is 16.6 Å². The largest absolute Gasteiger partial charge is 0.322 e. The first-order chi connectivity index (χ1) is 15.8. The Bertz CT molecular complexity index is 1240. The van der Waals surface area contributed by atoms with Crippen LogP contribution in [-0.4, -0.2) is 49.7 Å². The van der Waals surface area contributed by atoms with Crippen molar-refractivity contribution in [2.75, 3.05) is 31.5 Å². The van der Waals surface area contributed by atoms with E-state index < -0.39 is 10.0 Å². The van der Waals surface area contributed by atoms with Crippen LogP contribution in [0.1, 0.15) is 21.5 Å². The van der Waals surface area contributed by atoms with E-state index in [-0.39, 0.29) is 5.91 Å². The summed E-state index contributed by atoms with van der Waals surface area (Å²) in [6.07, 6.45) is 0. The normalized spacial score (nSPS) is 15.3. The van der Waals surface area contributed by atoms with Gasteiger partial charge in [-0.1, -0.05) is 48.0 Å². The maximum Gasteiger partial charge on any atom is 0.255 e. The molecule has 0 bridgehead atoms. The Morgan fingerprint density at radius 2 is 1.67 bits per heavy atom.